The first-order valence-corrected chi connectivity index (χ1v) is 4.64. The summed E-state index contributed by atoms with van der Waals surface area (Å²) >= 11 is 0. The van der Waals surface area contributed by atoms with Crippen LogP contribution in [-0.2, 0) is 15.0 Å². The van der Waals surface area contributed by atoms with Gasteiger partial charge in [0.2, 0.25) is 0 Å². The number of phosphoric acid groups is 1. The highest BCUT2D eigenvalue weighted by atomic mass is 32.3. The Kier molecular flexibility index (Phi) is 17.6. The zero-order valence-electron chi connectivity index (χ0n) is 5.71. The molecule has 9 N–H and O–H groups in total. The van der Waals surface area contributed by atoms with Crippen LogP contribution < -0.4 is 0 Å². The number of hydrogen-bond donors (Lipinski definition) is 7. The van der Waals surface area contributed by atoms with Crippen LogP contribution in [0.5, 0.6) is 0 Å². The minimum absolute atomic E-state index is 0. The fourth-order valence-corrected chi connectivity index (χ4v) is 0. The van der Waals surface area contributed by atoms with Gasteiger partial charge in [0.05, 0.1) is 0 Å². The summed E-state index contributed by atoms with van der Waals surface area (Å²) in [7, 11) is -9.31. The van der Waals surface area contributed by atoms with Gasteiger partial charge in [-0.1, -0.05) is 0 Å². The first kappa shape index (κ1) is 23.0. The zero-order chi connectivity index (χ0) is 11.0. The molecule has 0 unspecified atom stereocenters. The lowest BCUT2D eigenvalue weighted by molar-refractivity contribution is -0.176. The third kappa shape index (κ3) is 58800. The molecular weight excluding hydrogens is 239 g/mol. The summed E-state index contributed by atoms with van der Waals surface area (Å²) < 4.78 is 40.5. The SMILES string of the molecule is O.O=P(O)(O)O.O=S(=O)(O)O.OO. The van der Waals surface area contributed by atoms with Gasteiger partial charge >= 0.3 is 18.2 Å². The van der Waals surface area contributed by atoms with Gasteiger partial charge in [-0.2, -0.15) is 8.42 Å². The molecule has 13 heteroatoms. The van der Waals surface area contributed by atoms with Gasteiger partial charge in [0.15, 0.2) is 0 Å². The van der Waals surface area contributed by atoms with E-state index in [-0.39, 0.29) is 5.48 Å². The Morgan fingerprint density at radius 3 is 0.923 bits per heavy atom. The maximum Gasteiger partial charge on any atom is 0.466 e. The van der Waals surface area contributed by atoms with E-state index in [1.54, 1.807) is 0 Å². The van der Waals surface area contributed by atoms with Crippen LogP contribution in [0.1, 0.15) is 0 Å². The molecule has 0 saturated heterocycles. The summed E-state index contributed by atoms with van der Waals surface area (Å²) in [6.07, 6.45) is 0. The van der Waals surface area contributed by atoms with Crippen molar-refractivity contribution in [3.8, 4) is 0 Å². The fourth-order valence-electron chi connectivity index (χ4n) is 0. The van der Waals surface area contributed by atoms with Gasteiger partial charge in [-0.15, -0.1) is 0 Å². The predicted octanol–water partition coefficient (Wildman–Crippen LogP) is -2.39. The average molecular weight is 248 g/mol. The van der Waals surface area contributed by atoms with E-state index in [1.165, 1.54) is 0 Å². The van der Waals surface area contributed by atoms with Crippen LogP contribution in [0.25, 0.3) is 0 Å². The Hall–Kier alpha value is -0.140. The maximum atomic E-state index is 8.88. The number of rotatable bonds is 0. The van der Waals surface area contributed by atoms with Gasteiger partial charge in [-0.25, -0.2) is 4.57 Å². The van der Waals surface area contributed by atoms with E-state index < -0.39 is 18.2 Å². The molecule has 0 aliphatic carbocycles. The normalized spacial score (nSPS) is 9.46. The van der Waals surface area contributed by atoms with Crippen molar-refractivity contribution in [3.63, 3.8) is 0 Å². The Morgan fingerprint density at radius 1 is 0.923 bits per heavy atom. The van der Waals surface area contributed by atoms with Crippen LogP contribution in [0.15, 0.2) is 0 Å². The molecule has 11 nitrogen and oxygen atoms in total. The van der Waals surface area contributed by atoms with Gasteiger partial charge in [-0.05, 0) is 0 Å². The van der Waals surface area contributed by atoms with Crippen molar-refractivity contribution in [3.05, 3.63) is 0 Å². The molecule has 0 aliphatic rings. The lowest BCUT2D eigenvalue weighted by Crippen LogP contribution is -1.89. The lowest BCUT2D eigenvalue weighted by Gasteiger charge is -1.82. The average Bonchev–Trinajstić information content (AvgIpc) is 1.59. The van der Waals surface area contributed by atoms with Crippen LogP contribution in [0, 0.1) is 0 Å². The lowest BCUT2D eigenvalue weighted by atomic mass is 15.0. The largest absolute Gasteiger partial charge is 0.466 e. The second-order valence-electron chi connectivity index (χ2n) is 0.961. The summed E-state index contributed by atoms with van der Waals surface area (Å²) in [5.41, 5.74) is 0. The quantitative estimate of drug-likeness (QED) is 0.104. The van der Waals surface area contributed by atoms with Crippen molar-refractivity contribution in [2.24, 2.45) is 0 Å². The molecule has 0 amide bonds. The minimum Gasteiger partial charge on any atom is -0.412 e. The third-order valence-electron chi connectivity index (χ3n) is 0. The molecule has 0 aromatic rings. The standard InChI is InChI=1S/H3O4P.H2O4S.H2O2.H2O/c2*1-5(2,3)4;1-2;/h(H3,1,2,3,4);(H2,1,2,3,4);1-2H;1H2. The van der Waals surface area contributed by atoms with Gasteiger partial charge in [-0.3, -0.25) is 19.6 Å². The Balaban J connectivity index is -0.0000000491. The summed E-state index contributed by atoms with van der Waals surface area (Å²) in [6.45, 7) is 0. The van der Waals surface area contributed by atoms with Crippen molar-refractivity contribution in [2.75, 3.05) is 0 Å². The van der Waals surface area contributed by atoms with Crippen molar-refractivity contribution in [1.29, 1.82) is 0 Å². The smallest absolute Gasteiger partial charge is 0.412 e. The fraction of sp³-hybridized carbons (Fsp3) is 0. The van der Waals surface area contributed by atoms with E-state index in [0.717, 1.165) is 0 Å². The Labute approximate surface area is 71.9 Å². The molecule has 0 radical (unpaired) electrons. The zero-order valence-corrected chi connectivity index (χ0v) is 7.42. The van der Waals surface area contributed by atoms with Gasteiger partial charge in [0.25, 0.3) is 0 Å². The van der Waals surface area contributed by atoms with E-state index in [0.29, 0.717) is 0 Å². The van der Waals surface area contributed by atoms with Crippen LogP contribution >= 0.6 is 7.82 Å². The van der Waals surface area contributed by atoms with Gasteiger partial charge in [0, 0.05) is 0 Å². The van der Waals surface area contributed by atoms with Crippen molar-refractivity contribution in [2.45, 2.75) is 0 Å². The third-order valence-corrected chi connectivity index (χ3v) is 0. The first-order valence-electron chi connectivity index (χ1n) is 1.68. The summed E-state index contributed by atoms with van der Waals surface area (Å²) in [5.74, 6) is 0. The topological polar surface area (TPSA) is 224 Å². The van der Waals surface area contributed by atoms with Crippen LogP contribution in [0.2, 0.25) is 0 Å². The highest BCUT2D eigenvalue weighted by Gasteiger charge is 2.00. The summed E-state index contributed by atoms with van der Waals surface area (Å²) in [4.78, 5) is 21.6. The Morgan fingerprint density at radius 2 is 0.923 bits per heavy atom. The van der Waals surface area contributed by atoms with Crippen molar-refractivity contribution >= 4 is 18.2 Å². The van der Waals surface area contributed by atoms with Crippen LogP contribution in [-0.4, -0.2) is 48.2 Å². The van der Waals surface area contributed by atoms with Crippen LogP contribution in [0.4, 0.5) is 0 Å². The van der Waals surface area contributed by atoms with E-state index in [2.05, 4.69) is 0 Å². The van der Waals surface area contributed by atoms with Crippen molar-refractivity contribution < 1.29 is 52.8 Å². The molecule has 13 heavy (non-hydrogen) atoms. The van der Waals surface area contributed by atoms with E-state index in [4.69, 9.17) is 47.3 Å². The molecule has 0 saturated carbocycles. The molecule has 0 rings (SSSR count). The second kappa shape index (κ2) is 9.94. The van der Waals surface area contributed by atoms with E-state index >= 15 is 0 Å². The molecule has 0 aromatic heterocycles. The molecule has 0 aliphatic heterocycles. The molecule has 0 heterocycles. The summed E-state index contributed by atoms with van der Waals surface area (Å²) in [5, 5.41) is 12.0. The second-order valence-corrected chi connectivity index (χ2v) is 2.88. The molecule has 0 spiro atoms. The highest BCUT2D eigenvalue weighted by molar-refractivity contribution is 7.79. The first-order chi connectivity index (χ1) is 5.00. The monoisotopic (exact) mass is 248 g/mol. The van der Waals surface area contributed by atoms with Gasteiger partial charge < -0.3 is 20.2 Å². The molecule has 0 bridgehead atoms. The minimum atomic E-state index is -4.67. The molecule has 86 valence electrons. The molecule has 0 fully saturated rings. The van der Waals surface area contributed by atoms with Crippen molar-refractivity contribution in [1.82, 2.24) is 0 Å². The Bertz CT molecular complexity index is 188. The molecular formula is H9O11PS. The van der Waals surface area contributed by atoms with E-state index in [1.807, 2.05) is 0 Å². The summed E-state index contributed by atoms with van der Waals surface area (Å²) in [6, 6.07) is 0. The van der Waals surface area contributed by atoms with Gasteiger partial charge in [0.1, 0.15) is 0 Å². The molecule has 0 aromatic carbocycles. The highest BCUT2D eigenvalue weighted by Crippen LogP contribution is 2.25. The maximum absolute atomic E-state index is 8.88. The predicted molar refractivity (Wildman–Crippen MR) is 37.3 cm³/mol. The van der Waals surface area contributed by atoms with Crippen LogP contribution in [0.3, 0.4) is 0 Å². The molecule has 0 atom stereocenters. The number of hydrogen-bond acceptors (Lipinski definition) is 5. The van der Waals surface area contributed by atoms with E-state index in [9.17, 15) is 0 Å².